The van der Waals surface area contributed by atoms with Crippen molar-refractivity contribution in [2.45, 2.75) is 156 Å². The molecule has 32 heteroatoms. The molecule has 0 N–H and O–H groups in total. The number of hydrogen-bond acceptors (Lipinski definition) is 24. The van der Waals surface area contributed by atoms with Crippen LogP contribution in [0.25, 0.3) is 29.3 Å². The van der Waals surface area contributed by atoms with Crippen molar-refractivity contribution < 1.29 is 81.7 Å². The van der Waals surface area contributed by atoms with E-state index < -0.39 is 64.0 Å². The van der Waals surface area contributed by atoms with Crippen LogP contribution < -0.4 is 34.7 Å². The molecular weight excluding hydrogens is 1630 g/mol. The maximum atomic E-state index is 14.0. The molecule has 0 bridgehead atoms. The van der Waals surface area contributed by atoms with Gasteiger partial charge >= 0.3 is 208 Å². The molecule has 0 saturated carbocycles. The summed E-state index contributed by atoms with van der Waals surface area (Å²) in [6.07, 6.45) is 7.63. The van der Waals surface area contributed by atoms with Gasteiger partial charge in [0.1, 0.15) is 0 Å². The molecule has 6 aromatic heterocycles. The Bertz CT molecular complexity index is 3350. The Kier molecular flexibility index (Phi) is 39.0. The van der Waals surface area contributed by atoms with Crippen LogP contribution in [-0.4, -0.2) is 97.7 Å². The second-order valence-corrected chi connectivity index (χ2v) is 53.5. The molecule has 0 saturated heterocycles. The summed E-state index contributed by atoms with van der Waals surface area (Å²) in [7, 11) is -20.8. The maximum absolute atomic E-state index is 14.0. The van der Waals surface area contributed by atoms with Crippen LogP contribution in [0.1, 0.15) is 142 Å². The van der Waals surface area contributed by atoms with Gasteiger partial charge in [0.25, 0.3) is 0 Å². The summed E-state index contributed by atoms with van der Waals surface area (Å²) in [4.78, 5) is 4.34. The van der Waals surface area contributed by atoms with Crippen molar-refractivity contribution in [3.8, 4) is 29.3 Å². The van der Waals surface area contributed by atoms with Crippen LogP contribution in [0.2, 0.25) is 13.3 Å². The Balaban J connectivity index is 0.000000304. The first-order valence-corrected chi connectivity index (χ1v) is 54.6. The summed E-state index contributed by atoms with van der Waals surface area (Å²) < 4.78 is 155. The van der Waals surface area contributed by atoms with Crippen molar-refractivity contribution in [3.05, 3.63) is 60.8 Å². The molecule has 0 spiro atoms. The summed E-state index contributed by atoms with van der Waals surface area (Å²) in [5.41, 5.74) is 0. The zero-order chi connectivity index (χ0) is 68.2. The van der Waals surface area contributed by atoms with E-state index in [1.807, 2.05) is 42.7 Å². The van der Waals surface area contributed by atoms with E-state index in [0.29, 0.717) is 59.2 Å². The molecule has 0 radical (unpaired) electrons. The molecule has 0 amide bonds. The Labute approximate surface area is 590 Å². The number of rotatable bonds is 43. The molecule has 6 rings (SSSR count). The summed E-state index contributed by atoms with van der Waals surface area (Å²) in [5.74, 6) is 0. The van der Waals surface area contributed by atoms with E-state index >= 15 is 0 Å². The molecule has 18 nitrogen and oxygen atoms in total. The van der Waals surface area contributed by atoms with Crippen molar-refractivity contribution in [2.75, 3.05) is 79.3 Å². The molecule has 0 aliphatic heterocycles. The first-order valence-electron chi connectivity index (χ1n) is 31.7. The summed E-state index contributed by atoms with van der Waals surface area (Å²) in [6.45, 7) is 31.5. The third-order valence-electron chi connectivity index (χ3n) is 13.4. The Morgan fingerprint density at radius 2 is 0.663 bits per heavy atom. The molecule has 0 aromatic carbocycles. The predicted molar refractivity (Wildman–Crippen MR) is 403 cm³/mol. The van der Waals surface area contributed by atoms with E-state index in [2.05, 4.69) is 48.7 Å². The second kappa shape index (κ2) is 42.1. The molecule has 6 heterocycles. The number of hydrogen-bond donors (Lipinski definition) is 0. The molecule has 92 heavy (non-hydrogen) atoms. The summed E-state index contributed by atoms with van der Waals surface area (Å²) in [5, 5.41) is 10.7. The van der Waals surface area contributed by atoms with Crippen molar-refractivity contribution in [1.29, 1.82) is 0 Å². The van der Waals surface area contributed by atoms with Gasteiger partial charge in [-0.15, -0.1) is 56.7 Å². The fraction of sp³-hybridized carbons (Fsp3) is 0.600. The normalized spacial score (nSPS) is 12.7. The number of unbranched alkanes of at least 4 members (excludes halogenated alkanes) is 3. The van der Waals surface area contributed by atoms with Gasteiger partial charge in [-0.2, -0.15) is 0 Å². The monoisotopic (exact) mass is 1730 g/mol. The first kappa shape index (κ1) is 85.0. The van der Waals surface area contributed by atoms with Crippen LogP contribution in [0, 0.1) is 2.88 Å². The fourth-order valence-electron chi connectivity index (χ4n) is 9.78. The fourth-order valence-corrected chi connectivity index (χ4v) is 51.9. The van der Waals surface area contributed by atoms with E-state index in [9.17, 15) is 27.4 Å². The average Bonchev–Trinajstić information content (AvgIpc) is 1.59. The van der Waals surface area contributed by atoms with Gasteiger partial charge in [0.2, 0.25) is 0 Å². The average molecular weight is 1730 g/mol. The Morgan fingerprint density at radius 1 is 0.348 bits per heavy atom. The van der Waals surface area contributed by atoms with Crippen LogP contribution >= 0.6 is 136 Å². The quantitative estimate of drug-likeness (QED) is 0.0198. The van der Waals surface area contributed by atoms with Gasteiger partial charge in [-0.05, 0) is 128 Å². The second-order valence-electron chi connectivity index (χ2n) is 19.8. The molecule has 0 aliphatic rings. The summed E-state index contributed by atoms with van der Waals surface area (Å²) in [6, 6.07) is 10.9. The number of thiophene rings is 6. The molecule has 0 atom stereocenters. The van der Waals surface area contributed by atoms with Crippen LogP contribution in [0.3, 0.4) is 0 Å². The van der Waals surface area contributed by atoms with Crippen molar-refractivity contribution in [1.82, 2.24) is 0 Å². The minimum absolute atomic E-state index is 0.176. The van der Waals surface area contributed by atoms with Gasteiger partial charge < -0.3 is 45.2 Å². The van der Waals surface area contributed by atoms with Gasteiger partial charge in [-0.3, -0.25) is 22.8 Å². The zero-order valence-corrected chi connectivity index (χ0v) is 71.3. The van der Waals surface area contributed by atoms with E-state index in [1.54, 1.807) is 104 Å². The largest absolute Gasteiger partial charge is 0.362 e. The third kappa shape index (κ3) is 22.6. The van der Waals surface area contributed by atoms with Gasteiger partial charge in [0.15, 0.2) is 0 Å². The maximum Gasteiger partial charge on any atom is 0.362 e. The van der Waals surface area contributed by atoms with Gasteiger partial charge in [0, 0.05) is 25.4 Å². The minimum Gasteiger partial charge on any atom is -0.305 e. The van der Waals surface area contributed by atoms with Crippen molar-refractivity contribution >= 4 is 189 Å². The standard InChI is InChI=1S/C24H35O9P3S3.C16H23IO6P2S2.C8H12O3PS.3C4H9.Sn/c1-7-28-34(25,29-8-2)18-15-21(38-17-18)24-20(36(27,32-11-5)33-12-6)16-22(39-24)23-19(13-14-37-23)35(26,30-9-3)31-10-4;1-5-20-24(18,21-6-2)12-9-14(26-11-12)16-13(10-15(17)27-16)25(19,22-7-3)23-8-4;1-3-10-12(9,11-4-2)8-5-6-13-7-8;3*1-3-4-2;/h13-17H,7-12H2,1-6H3;9-11H,5-8H2,1-4H3;5-6H,3-4H2,1-2H3;3*1,3-4H2,2H3;. The van der Waals surface area contributed by atoms with E-state index in [-0.39, 0.29) is 66.1 Å². The van der Waals surface area contributed by atoms with Crippen LogP contribution in [-0.2, 0) is 81.7 Å². The third-order valence-corrected chi connectivity index (χ3v) is 53.5. The molecular formula is C60H97IO18P6S6Sn. The van der Waals surface area contributed by atoms with Crippen LogP contribution in [0.4, 0.5) is 0 Å². The molecule has 6 aromatic rings. The molecule has 0 unspecified atom stereocenters. The molecule has 522 valence electrons. The zero-order valence-electron chi connectivity index (χ0n) is 56.0. The Hall–Kier alpha value is 0.629. The SMILES string of the molecule is CCC[CH2][Sn]([CH2]CCC)([CH2]CCC)[c]1sccc1P(=O)(OCC)OCC.CCOP(=O)(OCC)c1csc(-c2sc(-c3sccc3P(=O)(OCC)OCC)cc2P(=O)(OCC)OCC)c1.CCOP(=O)(OCC)c1csc(-c2sc(I)cc2P(=O)(OCC)OCC)c1. The van der Waals surface area contributed by atoms with E-state index in [0.717, 1.165) is 17.9 Å². The van der Waals surface area contributed by atoms with Crippen molar-refractivity contribution in [3.63, 3.8) is 0 Å². The number of halogens is 1. The molecule has 0 aliphatic carbocycles. The van der Waals surface area contributed by atoms with Crippen molar-refractivity contribution in [2.24, 2.45) is 0 Å². The first-order chi connectivity index (χ1) is 44.0. The van der Waals surface area contributed by atoms with E-state index in [4.69, 9.17) is 54.3 Å². The molecule has 0 fully saturated rings. The van der Waals surface area contributed by atoms with Crippen LogP contribution in [0.5, 0.6) is 0 Å². The van der Waals surface area contributed by atoms with Gasteiger partial charge in [0.05, 0.1) is 110 Å². The Morgan fingerprint density at radius 3 is 1.03 bits per heavy atom. The van der Waals surface area contributed by atoms with Gasteiger partial charge in [-0.25, -0.2) is 0 Å². The topological polar surface area (TPSA) is 213 Å². The van der Waals surface area contributed by atoms with Gasteiger partial charge in [-0.1, -0.05) is 0 Å². The smallest absolute Gasteiger partial charge is 0.305 e. The van der Waals surface area contributed by atoms with Crippen LogP contribution in [0.15, 0.2) is 57.9 Å². The summed E-state index contributed by atoms with van der Waals surface area (Å²) >= 11 is 8.35. The minimum atomic E-state index is -3.74. The predicted octanol–water partition coefficient (Wildman–Crippen LogP) is 20.4. The van der Waals surface area contributed by atoms with E-state index in [1.165, 1.54) is 111 Å².